The summed E-state index contributed by atoms with van der Waals surface area (Å²) in [6.45, 7) is -0.171. The summed E-state index contributed by atoms with van der Waals surface area (Å²) in [5.74, 6) is -0.129. The summed E-state index contributed by atoms with van der Waals surface area (Å²) in [5, 5.41) is 3.02. The van der Waals surface area contributed by atoms with Crippen LogP contribution in [-0.4, -0.2) is 55.9 Å². The first-order valence-electron chi connectivity index (χ1n) is 9.04. The average molecular weight is 359 g/mol. The molecule has 0 saturated heterocycles. The number of anilines is 1. The molecule has 7 heteroatoms. The number of hydrogen-bond donors (Lipinski definition) is 1. The Hall–Kier alpha value is -2.57. The molecule has 3 rings (SSSR count). The molecular formula is C19H25N3O4. The van der Waals surface area contributed by atoms with Crippen LogP contribution in [0.3, 0.4) is 0 Å². The third-order valence-corrected chi connectivity index (χ3v) is 4.83. The smallest absolute Gasteiger partial charge is 0.265 e. The minimum Gasteiger partial charge on any atom is -0.482 e. The van der Waals surface area contributed by atoms with Gasteiger partial charge < -0.3 is 15.0 Å². The largest absolute Gasteiger partial charge is 0.482 e. The van der Waals surface area contributed by atoms with Crippen molar-refractivity contribution in [3.63, 3.8) is 0 Å². The van der Waals surface area contributed by atoms with Gasteiger partial charge >= 0.3 is 0 Å². The van der Waals surface area contributed by atoms with E-state index in [4.69, 9.17) is 4.74 Å². The summed E-state index contributed by atoms with van der Waals surface area (Å²) in [6.07, 6.45) is 5.44. The van der Waals surface area contributed by atoms with Gasteiger partial charge in [0.2, 0.25) is 5.91 Å². The Bertz CT molecular complexity index is 711. The van der Waals surface area contributed by atoms with Gasteiger partial charge in [-0.15, -0.1) is 0 Å². The first kappa shape index (κ1) is 18.2. The molecule has 1 aromatic rings. The van der Waals surface area contributed by atoms with Crippen molar-refractivity contribution >= 4 is 23.4 Å². The van der Waals surface area contributed by atoms with Gasteiger partial charge in [0.1, 0.15) is 12.3 Å². The van der Waals surface area contributed by atoms with Crippen LogP contribution in [0.4, 0.5) is 5.69 Å². The van der Waals surface area contributed by atoms with Gasteiger partial charge in [0.25, 0.3) is 11.8 Å². The number of carbonyl (C=O) groups is 3. The van der Waals surface area contributed by atoms with Crippen molar-refractivity contribution in [3.05, 3.63) is 23.8 Å². The number of carbonyl (C=O) groups excluding carboxylic acids is 3. The summed E-state index contributed by atoms with van der Waals surface area (Å²) in [6, 6.07) is 5.14. The van der Waals surface area contributed by atoms with E-state index >= 15 is 0 Å². The van der Waals surface area contributed by atoms with E-state index in [9.17, 15) is 14.4 Å². The maximum Gasteiger partial charge on any atom is 0.265 e. The van der Waals surface area contributed by atoms with Gasteiger partial charge in [-0.05, 0) is 31.0 Å². The van der Waals surface area contributed by atoms with Gasteiger partial charge in [0.05, 0.1) is 5.69 Å². The van der Waals surface area contributed by atoms with Gasteiger partial charge in [-0.1, -0.05) is 19.3 Å². The van der Waals surface area contributed by atoms with Gasteiger partial charge in [-0.25, -0.2) is 0 Å². The molecule has 0 radical (unpaired) electrons. The predicted octanol–water partition coefficient (Wildman–Crippen LogP) is 1.56. The average Bonchev–Trinajstić information content (AvgIpc) is 2.64. The van der Waals surface area contributed by atoms with E-state index in [0.717, 1.165) is 25.7 Å². The van der Waals surface area contributed by atoms with Crippen molar-refractivity contribution in [2.75, 3.05) is 32.1 Å². The van der Waals surface area contributed by atoms with Crippen molar-refractivity contribution in [2.45, 2.75) is 38.1 Å². The Balaban J connectivity index is 1.77. The fourth-order valence-corrected chi connectivity index (χ4v) is 3.43. The highest BCUT2D eigenvalue weighted by Gasteiger charge is 2.29. The molecule has 7 nitrogen and oxygen atoms in total. The Morgan fingerprint density at radius 1 is 1.23 bits per heavy atom. The summed E-state index contributed by atoms with van der Waals surface area (Å²) < 4.78 is 5.44. The Morgan fingerprint density at radius 3 is 2.65 bits per heavy atom. The number of benzene rings is 1. The first-order valence-corrected chi connectivity index (χ1v) is 9.04. The van der Waals surface area contributed by atoms with Crippen LogP contribution in [0, 0.1) is 0 Å². The molecule has 2 aliphatic rings. The van der Waals surface area contributed by atoms with Crippen LogP contribution in [0.5, 0.6) is 5.75 Å². The molecular weight excluding hydrogens is 334 g/mol. The van der Waals surface area contributed by atoms with Crippen LogP contribution in [0.1, 0.15) is 42.5 Å². The molecule has 1 heterocycles. The van der Waals surface area contributed by atoms with E-state index in [1.165, 1.54) is 16.2 Å². The molecule has 0 spiro atoms. The lowest BCUT2D eigenvalue weighted by Crippen LogP contribution is -2.47. The zero-order chi connectivity index (χ0) is 18.7. The molecule has 1 saturated carbocycles. The van der Waals surface area contributed by atoms with Crippen LogP contribution < -0.4 is 15.0 Å². The quantitative estimate of drug-likeness (QED) is 0.885. The molecule has 0 aromatic heterocycles. The van der Waals surface area contributed by atoms with E-state index in [1.54, 1.807) is 32.3 Å². The lowest BCUT2D eigenvalue weighted by molar-refractivity contribution is -0.125. The zero-order valence-electron chi connectivity index (χ0n) is 15.3. The molecule has 1 aromatic carbocycles. The molecule has 26 heavy (non-hydrogen) atoms. The minimum atomic E-state index is -0.286. The van der Waals surface area contributed by atoms with Crippen molar-refractivity contribution in [1.82, 2.24) is 10.2 Å². The number of nitrogens with one attached hydrogen (secondary N) is 1. The number of amides is 3. The van der Waals surface area contributed by atoms with Gasteiger partial charge in [0, 0.05) is 25.7 Å². The second-order valence-corrected chi connectivity index (χ2v) is 7.05. The molecule has 1 N–H and O–H groups in total. The molecule has 0 atom stereocenters. The summed E-state index contributed by atoms with van der Waals surface area (Å²) in [5.41, 5.74) is 0.914. The van der Waals surface area contributed by atoms with Crippen molar-refractivity contribution in [3.8, 4) is 5.75 Å². The molecule has 0 bridgehead atoms. The topological polar surface area (TPSA) is 79.0 Å². The molecule has 3 amide bonds. The van der Waals surface area contributed by atoms with E-state index in [-0.39, 0.29) is 36.9 Å². The second-order valence-electron chi connectivity index (χ2n) is 7.05. The van der Waals surface area contributed by atoms with E-state index in [2.05, 4.69) is 5.32 Å². The van der Waals surface area contributed by atoms with Crippen molar-refractivity contribution in [2.24, 2.45) is 0 Å². The Kier molecular flexibility index (Phi) is 5.44. The monoisotopic (exact) mass is 359 g/mol. The van der Waals surface area contributed by atoms with Crippen molar-refractivity contribution in [1.29, 1.82) is 0 Å². The number of nitrogens with zero attached hydrogens (tertiary/aromatic N) is 2. The first-order chi connectivity index (χ1) is 12.5. The van der Waals surface area contributed by atoms with E-state index in [1.807, 2.05) is 0 Å². The zero-order valence-corrected chi connectivity index (χ0v) is 15.3. The highest BCUT2D eigenvalue weighted by molar-refractivity contribution is 6.04. The fourth-order valence-electron chi connectivity index (χ4n) is 3.43. The third kappa shape index (κ3) is 3.98. The normalized spacial score (nSPS) is 17.3. The lowest BCUT2D eigenvalue weighted by Gasteiger charge is -2.30. The lowest BCUT2D eigenvalue weighted by atomic mass is 9.95. The summed E-state index contributed by atoms with van der Waals surface area (Å²) >= 11 is 0. The molecule has 1 fully saturated rings. The minimum absolute atomic E-state index is 0.0642. The number of fused-ring (bicyclic) bond motifs is 1. The molecule has 140 valence electrons. The summed E-state index contributed by atoms with van der Waals surface area (Å²) in [4.78, 5) is 39.8. The highest BCUT2D eigenvalue weighted by Crippen LogP contribution is 2.33. The number of ether oxygens (including phenoxy) is 1. The Labute approximate surface area is 153 Å². The maximum atomic E-state index is 12.4. The molecule has 1 aliphatic heterocycles. The number of hydrogen-bond acceptors (Lipinski definition) is 4. The Morgan fingerprint density at radius 2 is 1.96 bits per heavy atom. The standard InChI is InChI=1S/C19H25N3O4/c1-21(2)19(25)13-8-9-16-15(10-13)22(18(24)12-26-16)11-17(23)20-14-6-4-3-5-7-14/h8-10,14H,3-7,11-12H2,1-2H3,(H,20,23). The van der Waals surface area contributed by atoms with Crippen LogP contribution in [0.2, 0.25) is 0 Å². The predicted molar refractivity (Wildman–Crippen MR) is 97.3 cm³/mol. The maximum absolute atomic E-state index is 12.4. The van der Waals surface area contributed by atoms with Crippen LogP contribution in [0.25, 0.3) is 0 Å². The van der Waals surface area contributed by atoms with Gasteiger partial charge in [-0.2, -0.15) is 0 Å². The van der Waals surface area contributed by atoms with Gasteiger partial charge in [-0.3, -0.25) is 19.3 Å². The number of rotatable bonds is 4. The van der Waals surface area contributed by atoms with Crippen LogP contribution in [-0.2, 0) is 9.59 Å². The fraction of sp³-hybridized carbons (Fsp3) is 0.526. The van der Waals surface area contributed by atoms with Crippen LogP contribution in [0.15, 0.2) is 18.2 Å². The van der Waals surface area contributed by atoms with Gasteiger partial charge in [0.15, 0.2) is 6.61 Å². The SMILES string of the molecule is CN(C)C(=O)c1ccc2c(c1)N(CC(=O)NC1CCCCC1)C(=O)CO2. The van der Waals surface area contributed by atoms with Crippen molar-refractivity contribution < 1.29 is 19.1 Å². The molecule has 0 unspecified atom stereocenters. The summed E-state index contributed by atoms with van der Waals surface area (Å²) in [7, 11) is 3.33. The van der Waals surface area contributed by atoms with E-state index in [0.29, 0.717) is 17.0 Å². The second kappa shape index (κ2) is 7.76. The van der Waals surface area contributed by atoms with E-state index < -0.39 is 0 Å². The van der Waals surface area contributed by atoms with Crippen LogP contribution >= 0.6 is 0 Å². The highest BCUT2D eigenvalue weighted by atomic mass is 16.5. The third-order valence-electron chi connectivity index (χ3n) is 4.83. The molecule has 1 aliphatic carbocycles.